The fourth-order valence-corrected chi connectivity index (χ4v) is 3.87. The van der Waals surface area contributed by atoms with Gasteiger partial charge in [-0.1, -0.05) is 25.0 Å². The monoisotopic (exact) mass is 388 g/mol. The predicted octanol–water partition coefficient (Wildman–Crippen LogP) is 1.74. The molecule has 1 N–H and O–H groups in total. The molecular formula is C20H24N2O6. The number of esters is 1. The normalized spacial score (nSPS) is 22.4. The summed E-state index contributed by atoms with van der Waals surface area (Å²) in [5.41, 5.74) is 0.452. The molecule has 1 aliphatic heterocycles. The molecule has 0 aromatic heterocycles. The Labute approximate surface area is 163 Å². The van der Waals surface area contributed by atoms with E-state index in [1.807, 2.05) is 0 Å². The van der Waals surface area contributed by atoms with Crippen LogP contribution in [0.15, 0.2) is 24.3 Å². The molecule has 3 atom stereocenters. The summed E-state index contributed by atoms with van der Waals surface area (Å²) < 4.78 is 10.2. The van der Waals surface area contributed by atoms with E-state index >= 15 is 0 Å². The summed E-state index contributed by atoms with van der Waals surface area (Å²) in [5.74, 6) is -2.12. The van der Waals surface area contributed by atoms with Crippen molar-refractivity contribution < 1.29 is 28.7 Å². The Morgan fingerprint density at radius 1 is 1.14 bits per heavy atom. The van der Waals surface area contributed by atoms with Gasteiger partial charge in [-0.05, 0) is 31.9 Å². The number of ether oxygens (including phenoxy) is 2. The third-order valence-corrected chi connectivity index (χ3v) is 5.33. The number of rotatable bonds is 6. The molecule has 2 aliphatic rings. The molecule has 1 saturated heterocycles. The largest absolute Gasteiger partial charge is 0.495 e. The standard InChI is InChI=1S/C20H24N2O6/c1-12(22-18(24)13-7-3-4-8-14(13)19(22)25)20(26)28-11-17(23)21-15-9-5-6-10-16(15)27-2/h5-6,9-10,12-14H,3-4,7-8,11H2,1-2H3,(H,21,23)/t12-,13-,14+/m0/s1. The zero-order chi connectivity index (χ0) is 20.3. The van der Waals surface area contributed by atoms with Gasteiger partial charge in [-0.2, -0.15) is 0 Å². The van der Waals surface area contributed by atoms with Gasteiger partial charge in [-0.3, -0.25) is 19.3 Å². The van der Waals surface area contributed by atoms with Crippen LogP contribution in [0.5, 0.6) is 5.75 Å². The van der Waals surface area contributed by atoms with E-state index in [1.54, 1.807) is 24.3 Å². The summed E-state index contributed by atoms with van der Waals surface area (Å²) in [5, 5.41) is 2.59. The number of hydrogen-bond donors (Lipinski definition) is 1. The molecular weight excluding hydrogens is 364 g/mol. The van der Waals surface area contributed by atoms with Crippen molar-refractivity contribution in [2.45, 2.75) is 38.6 Å². The lowest BCUT2D eigenvalue weighted by atomic mass is 9.81. The fourth-order valence-electron chi connectivity index (χ4n) is 3.87. The molecule has 0 radical (unpaired) electrons. The van der Waals surface area contributed by atoms with Crippen LogP contribution in [-0.4, -0.2) is 48.3 Å². The third kappa shape index (κ3) is 3.85. The first-order chi connectivity index (χ1) is 13.4. The lowest BCUT2D eigenvalue weighted by Gasteiger charge is -2.21. The first-order valence-electron chi connectivity index (χ1n) is 9.40. The number of fused-ring (bicyclic) bond motifs is 1. The van der Waals surface area contributed by atoms with Crippen molar-refractivity contribution in [3.8, 4) is 5.75 Å². The Bertz CT molecular complexity index is 769. The van der Waals surface area contributed by atoms with Crippen molar-refractivity contribution in [1.29, 1.82) is 0 Å². The van der Waals surface area contributed by atoms with Gasteiger partial charge in [-0.15, -0.1) is 0 Å². The summed E-state index contributed by atoms with van der Waals surface area (Å²) >= 11 is 0. The van der Waals surface area contributed by atoms with Gasteiger partial charge < -0.3 is 14.8 Å². The summed E-state index contributed by atoms with van der Waals surface area (Å²) in [4.78, 5) is 50.5. The second kappa shape index (κ2) is 8.41. The number of carbonyl (C=O) groups excluding carboxylic acids is 4. The quantitative estimate of drug-likeness (QED) is 0.588. The number of methoxy groups -OCH3 is 1. The Hall–Kier alpha value is -2.90. The van der Waals surface area contributed by atoms with Crippen molar-refractivity contribution >= 4 is 29.4 Å². The third-order valence-electron chi connectivity index (χ3n) is 5.33. The molecule has 1 aliphatic carbocycles. The number of nitrogens with one attached hydrogen (secondary N) is 1. The molecule has 1 heterocycles. The van der Waals surface area contributed by atoms with E-state index in [9.17, 15) is 19.2 Å². The highest BCUT2D eigenvalue weighted by Gasteiger charge is 2.51. The number of para-hydroxylation sites is 2. The summed E-state index contributed by atoms with van der Waals surface area (Å²) in [6.07, 6.45) is 3.18. The SMILES string of the molecule is COc1ccccc1NC(=O)COC(=O)[C@H](C)N1C(=O)[C@H]2CCCC[C@H]2C1=O. The highest BCUT2D eigenvalue weighted by atomic mass is 16.5. The lowest BCUT2D eigenvalue weighted by Crippen LogP contribution is -2.45. The maximum absolute atomic E-state index is 12.6. The Balaban J connectivity index is 1.56. The molecule has 0 bridgehead atoms. The Morgan fingerprint density at radius 2 is 1.75 bits per heavy atom. The van der Waals surface area contributed by atoms with E-state index < -0.39 is 24.5 Å². The average molecular weight is 388 g/mol. The van der Waals surface area contributed by atoms with Gasteiger partial charge in [0.15, 0.2) is 6.61 Å². The van der Waals surface area contributed by atoms with Gasteiger partial charge in [0.1, 0.15) is 11.8 Å². The molecule has 1 aromatic carbocycles. The number of carbonyl (C=O) groups is 4. The summed E-state index contributed by atoms with van der Waals surface area (Å²) in [7, 11) is 1.48. The minimum atomic E-state index is -1.05. The first-order valence-corrected chi connectivity index (χ1v) is 9.40. The van der Waals surface area contributed by atoms with Crippen molar-refractivity contribution in [3.63, 3.8) is 0 Å². The number of nitrogens with zero attached hydrogens (tertiary/aromatic N) is 1. The van der Waals surface area contributed by atoms with Crippen LogP contribution in [0.25, 0.3) is 0 Å². The molecule has 8 heteroatoms. The van der Waals surface area contributed by atoms with Crippen LogP contribution < -0.4 is 10.1 Å². The van der Waals surface area contributed by atoms with Gasteiger partial charge >= 0.3 is 5.97 Å². The molecule has 1 aromatic rings. The maximum Gasteiger partial charge on any atom is 0.329 e. The highest BCUT2D eigenvalue weighted by Crippen LogP contribution is 2.38. The van der Waals surface area contributed by atoms with Crippen molar-refractivity contribution in [2.24, 2.45) is 11.8 Å². The van der Waals surface area contributed by atoms with Crippen molar-refractivity contribution in [2.75, 3.05) is 19.0 Å². The van der Waals surface area contributed by atoms with E-state index in [4.69, 9.17) is 9.47 Å². The molecule has 1 saturated carbocycles. The Morgan fingerprint density at radius 3 is 2.36 bits per heavy atom. The highest BCUT2D eigenvalue weighted by molar-refractivity contribution is 6.08. The van der Waals surface area contributed by atoms with Crippen molar-refractivity contribution in [1.82, 2.24) is 4.90 Å². The number of benzene rings is 1. The van der Waals surface area contributed by atoms with Gasteiger partial charge in [0, 0.05) is 0 Å². The minimum Gasteiger partial charge on any atom is -0.495 e. The zero-order valence-corrected chi connectivity index (χ0v) is 16.0. The maximum atomic E-state index is 12.6. The van der Waals surface area contributed by atoms with Crippen LogP contribution in [0.4, 0.5) is 5.69 Å². The van der Waals surface area contributed by atoms with Crippen LogP contribution >= 0.6 is 0 Å². The molecule has 28 heavy (non-hydrogen) atoms. The Kier molecular flexibility index (Phi) is 5.96. The van der Waals surface area contributed by atoms with E-state index in [0.29, 0.717) is 24.3 Å². The van der Waals surface area contributed by atoms with Gasteiger partial charge in [-0.25, -0.2) is 4.79 Å². The lowest BCUT2D eigenvalue weighted by molar-refractivity contribution is -0.159. The molecule has 0 unspecified atom stereocenters. The molecule has 8 nitrogen and oxygen atoms in total. The topological polar surface area (TPSA) is 102 Å². The fraction of sp³-hybridized carbons (Fsp3) is 0.500. The van der Waals surface area contributed by atoms with E-state index in [0.717, 1.165) is 17.7 Å². The molecule has 0 spiro atoms. The smallest absolute Gasteiger partial charge is 0.329 e. The second-order valence-corrected chi connectivity index (χ2v) is 7.08. The molecule has 2 fully saturated rings. The van der Waals surface area contributed by atoms with Gasteiger partial charge in [0.25, 0.3) is 5.91 Å². The molecule has 3 amide bonds. The van der Waals surface area contributed by atoms with Crippen LogP contribution in [0.1, 0.15) is 32.6 Å². The van der Waals surface area contributed by atoms with Gasteiger partial charge in [0.2, 0.25) is 11.8 Å². The summed E-state index contributed by atoms with van der Waals surface area (Å²) in [6.45, 7) is 0.928. The number of amides is 3. The van der Waals surface area contributed by atoms with Crippen LogP contribution in [0.3, 0.4) is 0 Å². The number of hydrogen-bond acceptors (Lipinski definition) is 6. The van der Waals surface area contributed by atoms with E-state index in [2.05, 4.69) is 5.32 Å². The molecule has 3 rings (SSSR count). The number of likely N-dealkylation sites (tertiary alicyclic amines) is 1. The van der Waals surface area contributed by atoms with Crippen LogP contribution in [0, 0.1) is 11.8 Å². The average Bonchev–Trinajstić information content (AvgIpc) is 2.96. The van der Waals surface area contributed by atoms with Gasteiger partial charge in [0.05, 0.1) is 24.6 Å². The minimum absolute atomic E-state index is 0.308. The number of anilines is 1. The predicted molar refractivity (Wildman–Crippen MR) is 99.3 cm³/mol. The van der Waals surface area contributed by atoms with E-state index in [1.165, 1.54) is 14.0 Å². The second-order valence-electron chi connectivity index (χ2n) is 7.08. The van der Waals surface area contributed by atoms with Crippen LogP contribution in [0.2, 0.25) is 0 Å². The zero-order valence-electron chi connectivity index (χ0n) is 16.0. The molecule has 150 valence electrons. The summed E-state index contributed by atoms with van der Waals surface area (Å²) in [6, 6.07) is 5.79. The van der Waals surface area contributed by atoms with Crippen molar-refractivity contribution in [3.05, 3.63) is 24.3 Å². The first kappa shape index (κ1) is 19.9. The van der Waals surface area contributed by atoms with E-state index in [-0.39, 0.29) is 23.7 Å². The van der Waals surface area contributed by atoms with Crippen LogP contribution in [-0.2, 0) is 23.9 Å². The number of imide groups is 1.